The summed E-state index contributed by atoms with van der Waals surface area (Å²) in [6.07, 6.45) is 3.72. The van der Waals surface area contributed by atoms with Crippen molar-refractivity contribution in [2.45, 2.75) is 38.8 Å². The Balaban J connectivity index is 1.63. The number of carbonyl (C=O) groups is 1. The lowest BCUT2D eigenvalue weighted by Gasteiger charge is -2.23. The summed E-state index contributed by atoms with van der Waals surface area (Å²) in [5, 5.41) is 10.3. The highest BCUT2D eigenvalue weighted by Crippen LogP contribution is 2.38. The average molecular weight is 263 g/mol. The fourth-order valence-electron chi connectivity index (χ4n) is 3.45. The number of fused-ring (bicyclic) bond motifs is 1. The first-order valence-electron chi connectivity index (χ1n) is 7.01. The predicted octanol–water partition coefficient (Wildman–Crippen LogP) is 0.460. The smallest absolute Gasteiger partial charge is 0.240 e. The molecule has 1 aromatic rings. The van der Waals surface area contributed by atoms with Gasteiger partial charge in [0.05, 0.1) is 12.6 Å². The molecule has 2 N–H and O–H groups in total. The van der Waals surface area contributed by atoms with Crippen molar-refractivity contribution in [2.24, 2.45) is 11.8 Å². The van der Waals surface area contributed by atoms with Crippen molar-refractivity contribution < 1.29 is 4.79 Å². The van der Waals surface area contributed by atoms with Crippen molar-refractivity contribution in [3.05, 3.63) is 11.6 Å². The lowest BCUT2D eigenvalue weighted by Crippen LogP contribution is -2.44. The number of H-pyrrole nitrogens is 1. The normalized spacial score (nSPS) is 29.5. The summed E-state index contributed by atoms with van der Waals surface area (Å²) in [7, 11) is 1.83. The van der Waals surface area contributed by atoms with Crippen molar-refractivity contribution in [1.29, 1.82) is 0 Å². The molecular weight excluding hydrogens is 242 g/mol. The number of rotatable bonds is 3. The minimum atomic E-state index is -0.00228. The van der Waals surface area contributed by atoms with E-state index in [1.54, 1.807) is 4.90 Å². The summed E-state index contributed by atoms with van der Waals surface area (Å²) < 4.78 is 0. The van der Waals surface area contributed by atoms with Crippen LogP contribution in [0.15, 0.2) is 0 Å². The van der Waals surface area contributed by atoms with E-state index in [-0.39, 0.29) is 11.9 Å². The zero-order valence-electron chi connectivity index (χ0n) is 11.5. The Morgan fingerprint density at radius 3 is 3.05 bits per heavy atom. The summed E-state index contributed by atoms with van der Waals surface area (Å²) in [6.45, 7) is 3.33. The van der Waals surface area contributed by atoms with Crippen molar-refractivity contribution in [3.8, 4) is 0 Å². The summed E-state index contributed by atoms with van der Waals surface area (Å²) in [6, 6.07) is -0.00228. The van der Waals surface area contributed by atoms with Gasteiger partial charge in [-0.15, -0.1) is 0 Å². The van der Waals surface area contributed by atoms with Crippen LogP contribution in [-0.4, -0.2) is 45.6 Å². The molecule has 6 heteroatoms. The highest BCUT2D eigenvalue weighted by molar-refractivity contribution is 5.82. The van der Waals surface area contributed by atoms with Crippen LogP contribution in [0.3, 0.4) is 0 Å². The highest BCUT2D eigenvalue weighted by Gasteiger charge is 2.43. The second-order valence-corrected chi connectivity index (χ2v) is 5.77. The van der Waals surface area contributed by atoms with Gasteiger partial charge in [0.25, 0.3) is 0 Å². The van der Waals surface area contributed by atoms with E-state index in [9.17, 15) is 4.79 Å². The first-order chi connectivity index (χ1) is 9.15. The minimum Gasteiger partial charge on any atom is -0.337 e. The van der Waals surface area contributed by atoms with Crippen molar-refractivity contribution in [2.75, 3.05) is 13.6 Å². The van der Waals surface area contributed by atoms with Crippen LogP contribution < -0.4 is 5.32 Å². The average Bonchev–Trinajstić information content (AvgIpc) is 3.04. The van der Waals surface area contributed by atoms with E-state index in [1.165, 1.54) is 19.3 Å². The fourth-order valence-corrected chi connectivity index (χ4v) is 3.45. The predicted molar refractivity (Wildman–Crippen MR) is 70.2 cm³/mol. The van der Waals surface area contributed by atoms with Crippen LogP contribution in [0.5, 0.6) is 0 Å². The lowest BCUT2D eigenvalue weighted by molar-refractivity contribution is -0.133. The van der Waals surface area contributed by atoms with Gasteiger partial charge in [0, 0.05) is 7.05 Å². The third-order valence-corrected chi connectivity index (χ3v) is 4.41. The molecule has 0 radical (unpaired) electrons. The number of carbonyl (C=O) groups excluding carboxylic acids is 1. The Hall–Kier alpha value is -1.43. The van der Waals surface area contributed by atoms with E-state index in [0.29, 0.717) is 24.2 Å². The molecule has 0 spiro atoms. The maximum atomic E-state index is 12.5. The summed E-state index contributed by atoms with van der Waals surface area (Å²) >= 11 is 0. The second kappa shape index (κ2) is 4.92. The third kappa shape index (κ3) is 2.36. The van der Waals surface area contributed by atoms with Gasteiger partial charge in [-0.25, -0.2) is 4.98 Å². The number of aryl methyl sites for hydroxylation is 1. The molecule has 3 rings (SSSR count). The Morgan fingerprint density at radius 1 is 1.47 bits per heavy atom. The fraction of sp³-hybridized carbons (Fsp3) is 0.769. The summed E-state index contributed by atoms with van der Waals surface area (Å²) in [5.41, 5.74) is 0. The molecule has 104 valence electrons. The maximum Gasteiger partial charge on any atom is 0.240 e. The van der Waals surface area contributed by atoms with Crippen LogP contribution in [0.2, 0.25) is 0 Å². The SMILES string of the molecule is Cc1nc(CN(C)C(=O)C2NCC3CCCC32)n[nH]1. The third-order valence-electron chi connectivity index (χ3n) is 4.41. The van der Waals surface area contributed by atoms with Crippen molar-refractivity contribution >= 4 is 5.91 Å². The van der Waals surface area contributed by atoms with E-state index in [0.717, 1.165) is 12.4 Å². The largest absolute Gasteiger partial charge is 0.337 e. The van der Waals surface area contributed by atoms with Crippen LogP contribution in [0, 0.1) is 18.8 Å². The molecule has 3 unspecified atom stereocenters. The number of hydrogen-bond acceptors (Lipinski definition) is 4. The van der Waals surface area contributed by atoms with Gasteiger partial charge >= 0.3 is 0 Å². The van der Waals surface area contributed by atoms with E-state index >= 15 is 0 Å². The van der Waals surface area contributed by atoms with E-state index in [4.69, 9.17) is 0 Å². The molecule has 3 atom stereocenters. The van der Waals surface area contributed by atoms with Crippen LogP contribution >= 0.6 is 0 Å². The standard InChI is InChI=1S/C13H21N5O/c1-8-15-11(17-16-8)7-18(2)13(19)12-10-5-3-4-9(10)6-14-12/h9-10,12,14H,3-7H2,1-2H3,(H,15,16,17). The molecule has 6 nitrogen and oxygen atoms in total. The van der Waals surface area contributed by atoms with Crippen LogP contribution in [0.4, 0.5) is 0 Å². The molecule has 1 aliphatic heterocycles. The lowest BCUT2D eigenvalue weighted by atomic mass is 9.93. The van der Waals surface area contributed by atoms with Gasteiger partial charge in [-0.1, -0.05) is 6.42 Å². The van der Waals surface area contributed by atoms with Gasteiger partial charge in [-0.2, -0.15) is 5.10 Å². The molecule has 1 saturated carbocycles. The molecule has 2 fully saturated rings. The molecule has 1 saturated heterocycles. The van der Waals surface area contributed by atoms with E-state index in [1.807, 2.05) is 14.0 Å². The monoisotopic (exact) mass is 263 g/mol. The number of aromatic nitrogens is 3. The minimum absolute atomic E-state index is 0.00228. The van der Waals surface area contributed by atoms with Gasteiger partial charge in [-0.05, 0) is 38.1 Å². The van der Waals surface area contributed by atoms with Crippen molar-refractivity contribution in [3.63, 3.8) is 0 Å². The molecule has 1 aliphatic carbocycles. The first kappa shape index (κ1) is 12.6. The van der Waals surface area contributed by atoms with Crippen LogP contribution in [-0.2, 0) is 11.3 Å². The second-order valence-electron chi connectivity index (χ2n) is 5.77. The van der Waals surface area contributed by atoms with Crippen molar-refractivity contribution in [1.82, 2.24) is 25.4 Å². The molecule has 0 bridgehead atoms. The van der Waals surface area contributed by atoms with Gasteiger partial charge in [-0.3, -0.25) is 9.89 Å². The molecule has 19 heavy (non-hydrogen) atoms. The van der Waals surface area contributed by atoms with Gasteiger partial charge in [0.1, 0.15) is 5.82 Å². The molecular formula is C13H21N5O. The summed E-state index contributed by atoms with van der Waals surface area (Å²) in [5.74, 6) is 2.87. The number of aromatic amines is 1. The number of nitrogens with zero attached hydrogens (tertiary/aromatic N) is 3. The van der Waals surface area contributed by atoms with E-state index < -0.39 is 0 Å². The Labute approximate surface area is 113 Å². The number of nitrogens with one attached hydrogen (secondary N) is 2. The Morgan fingerprint density at radius 2 is 2.32 bits per heavy atom. The molecule has 1 amide bonds. The zero-order valence-corrected chi connectivity index (χ0v) is 11.5. The highest BCUT2D eigenvalue weighted by atomic mass is 16.2. The van der Waals surface area contributed by atoms with Gasteiger partial charge < -0.3 is 10.2 Å². The van der Waals surface area contributed by atoms with E-state index in [2.05, 4.69) is 20.5 Å². The van der Waals surface area contributed by atoms with Crippen LogP contribution in [0.25, 0.3) is 0 Å². The van der Waals surface area contributed by atoms with Gasteiger partial charge in [0.15, 0.2) is 5.82 Å². The summed E-state index contributed by atoms with van der Waals surface area (Å²) in [4.78, 5) is 18.5. The topological polar surface area (TPSA) is 73.9 Å². The molecule has 2 aliphatic rings. The van der Waals surface area contributed by atoms with Crippen LogP contribution in [0.1, 0.15) is 30.9 Å². The molecule has 0 aromatic carbocycles. The number of hydrogen-bond donors (Lipinski definition) is 2. The number of likely N-dealkylation sites (N-methyl/N-ethyl adjacent to an activating group) is 1. The number of amides is 1. The van der Waals surface area contributed by atoms with Gasteiger partial charge in [0.2, 0.25) is 5.91 Å². The maximum absolute atomic E-state index is 12.5. The first-order valence-corrected chi connectivity index (χ1v) is 7.01. The Kier molecular flexibility index (Phi) is 3.26. The molecule has 1 aromatic heterocycles. The Bertz CT molecular complexity index is 471. The zero-order chi connectivity index (χ0) is 13.4. The quantitative estimate of drug-likeness (QED) is 0.831. The molecule has 2 heterocycles.